The largest absolute Gasteiger partial charge is 0.573 e. The summed E-state index contributed by atoms with van der Waals surface area (Å²) in [6.07, 6.45) is -4.68. The Hall–Kier alpha value is -1.34. The van der Waals surface area contributed by atoms with E-state index in [1.165, 1.54) is 23.5 Å². The smallest absolute Gasteiger partial charge is 0.406 e. The van der Waals surface area contributed by atoms with Gasteiger partial charge in [0.15, 0.2) is 0 Å². The summed E-state index contributed by atoms with van der Waals surface area (Å²) >= 11 is 1.35. The number of aryl methyl sites for hydroxylation is 1. The normalized spacial score (nSPS) is 12.1. The summed E-state index contributed by atoms with van der Waals surface area (Å²) in [7, 11) is 1.72. The molecule has 0 aliphatic carbocycles. The molecule has 1 N–H and O–H groups in total. The molecule has 3 nitrogen and oxygen atoms in total. The first-order valence-electron chi connectivity index (χ1n) is 5.19. The minimum atomic E-state index is -4.68. The summed E-state index contributed by atoms with van der Waals surface area (Å²) in [5, 5.41) is 3.71. The summed E-state index contributed by atoms with van der Waals surface area (Å²) in [5.41, 5.74) is 1.42. The first kappa shape index (κ1) is 13.1. The van der Waals surface area contributed by atoms with Crippen LogP contribution in [0.4, 0.5) is 13.2 Å². The highest BCUT2D eigenvalue weighted by atomic mass is 32.1. The number of alkyl halides is 3. The fraction of sp³-hybridized carbons (Fsp3) is 0.364. The lowest BCUT2D eigenvalue weighted by molar-refractivity contribution is -0.274. The molecule has 0 unspecified atom stereocenters. The Morgan fingerprint density at radius 2 is 2.11 bits per heavy atom. The van der Waals surface area contributed by atoms with Crippen molar-refractivity contribution in [1.82, 2.24) is 10.3 Å². The minimum absolute atomic E-state index is 0.205. The van der Waals surface area contributed by atoms with Crippen molar-refractivity contribution in [2.45, 2.75) is 19.8 Å². The van der Waals surface area contributed by atoms with E-state index in [1.54, 1.807) is 7.05 Å². The summed E-state index contributed by atoms with van der Waals surface area (Å²) in [5.74, 6) is -0.205. The zero-order valence-corrected chi connectivity index (χ0v) is 10.6. The standard InChI is InChI=1S/C11H11F3N2OS/c1-6-16-10-7(5-15-2)3-8(4-9(10)18-6)17-11(12,13)14/h3-4,15H,5H2,1-2H3. The highest BCUT2D eigenvalue weighted by Gasteiger charge is 2.31. The Bertz CT molecular complexity index is 565. The SMILES string of the molecule is CNCc1cc(OC(F)(F)F)cc2sc(C)nc12. The van der Waals surface area contributed by atoms with Gasteiger partial charge in [0.2, 0.25) is 0 Å². The molecule has 0 saturated carbocycles. The van der Waals surface area contributed by atoms with E-state index in [2.05, 4.69) is 15.0 Å². The van der Waals surface area contributed by atoms with Crippen molar-refractivity contribution in [2.75, 3.05) is 7.05 Å². The van der Waals surface area contributed by atoms with Gasteiger partial charge in [-0.1, -0.05) is 0 Å². The number of aromatic nitrogens is 1. The van der Waals surface area contributed by atoms with Gasteiger partial charge in [0.05, 0.1) is 15.2 Å². The highest BCUT2D eigenvalue weighted by Crippen LogP contribution is 2.32. The van der Waals surface area contributed by atoms with Gasteiger partial charge in [0.1, 0.15) is 5.75 Å². The van der Waals surface area contributed by atoms with Crippen LogP contribution in [-0.2, 0) is 6.54 Å². The Balaban J connectivity index is 2.49. The molecule has 7 heteroatoms. The van der Waals surface area contributed by atoms with Crippen LogP contribution in [0.2, 0.25) is 0 Å². The second-order valence-electron chi connectivity index (χ2n) is 3.74. The van der Waals surface area contributed by atoms with Crippen LogP contribution in [0.1, 0.15) is 10.6 Å². The first-order valence-corrected chi connectivity index (χ1v) is 6.01. The topological polar surface area (TPSA) is 34.1 Å². The van der Waals surface area contributed by atoms with E-state index >= 15 is 0 Å². The van der Waals surface area contributed by atoms with Crippen LogP contribution >= 0.6 is 11.3 Å². The average Bonchev–Trinajstić information content (AvgIpc) is 2.56. The number of hydrogen-bond donors (Lipinski definition) is 1. The number of hydrogen-bond acceptors (Lipinski definition) is 4. The summed E-state index contributed by atoms with van der Waals surface area (Å²) in [6.45, 7) is 2.26. The van der Waals surface area contributed by atoms with Gasteiger partial charge in [-0.05, 0) is 31.7 Å². The number of ether oxygens (including phenoxy) is 1. The minimum Gasteiger partial charge on any atom is -0.406 e. The number of rotatable bonds is 3. The van der Waals surface area contributed by atoms with Crippen LogP contribution in [0.25, 0.3) is 10.2 Å². The molecule has 0 spiro atoms. The van der Waals surface area contributed by atoms with Gasteiger partial charge in [0.25, 0.3) is 0 Å². The lowest BCUT2D eigenvalue weighted by atomic mass is 10.2. The molecule has 2 aromatic rings. The van der Waals surface area contributed by atoms with Crippen molar-refractivity contribution in [3.05, 3.63) is 22.7 Å². The van der Waals surface area contributed by atoms with Crippen molar-refractivity contribution in [3.63, 3.8) is 0 Å². The van der Waals surface area contributed by atoms with Crippen molar-refractivity contribution in [2.24, 2.45) is 0 Å². The maximum absolute atomic E-state index is 12.2. The second kappa shape index (κ2) is 4.74. The molecule has 18 heavy (non-hydrogen) atoms. The van der Waals surface area contributed by atoms with E-state index in [9.17, 15) is 13.2 Å². The van der Waals surface area contributed by atoms with Gasteiger partial charge in [-0.2, -0.15) is 0 Å². The second-order valence-corrected chi connectivity index (χ2v) is 4.97. The van der Waals surface area contributed by atoms with Gasteiger partial charge >= 0.3 is 6.36 Å². The molecular weight excluding hydrogens is 265 g/mol. The molecule has 0 radical (unpaired) electrons. The number of nitrogens with one attached hydrogen (secondary N) is 1. The van der Waals surface area contributed by atoms with Gasteiger partial charge in [-0.25, -0.2) is 4.98 Å². The average molecular weight is 276 g/mol. The van der Waals surface area contributed by atoms with Crippen molar-refractivity contribution < 1.29 is 17.9 Å². The van der Waals surface area contributed by atoms with Crippen molar-refractivity contribution in [1.29, 1.82) is 0 Å². The molecular formula is C11H11F3N2OS. The van der Waals surface area contributed by atoms with Gasteiger partial charge in [-0.3, -0.25) is 0 Å². The molecule has 0 amide bonds. The Morgan fingerprint density at radius 3 is 2.72 bits per heavy atom. The number of halogens is 3. The lowest BCUT2D eigenvalue weighted by Crippen LogP contribution is -2.17. The molecule has 1 aromatic heterocycles. The van der Waals surface area contributed by atoms with Crippen LogP contribution in [0, 0.1) is 6.92 Å². The van der Waals surface area contributed by atoms with E-state index in [4.69, 9.17) is 0 Å². The van der Waals surface area contributed by atoms with Gasteiger partial charge in [-0.15, -0.1) is 24.5 Å². The quantitative estimate of drug-likeness (QED) is 0.934. The molecule has 0 aliphatic rings. The third-order valence-corrected chi connectivity index (χ3v) is 3.17. The molecule has 2 rings (SSSR count). The zero-order chi connectivity index (χ0) is 13.3. The van der Waals surface area contributed by atoms with Crippen LogP contribution in [0.3, 0.4) is 0 Å². The van der Waals surface area contributed by atoms with Crippen LogP contribution < -0.4 is 10.1 Å². The van der Waals surface area contributed by atoms with Crippen molar-refractivity contribution in [3.8, 4) is 5.75 Å². The molecule has 0 fully saturated rings. The Kier molecular flexibility index (Phi) is 3.45. The van der Waals surface area contributed by atoms with E-state index in [0.717, 1.165) is 10.5 Å². The molecule has 0 bridgehead atoms. The number of nitrogens with zero attached hydrogens (tertiary/aromatic N) is 1. The fourth-order valence-corrected chi connectivity index (χ4v) is 2.60. The van der Waals surface area contributed by atoms with Gasteiger partial charge in [0, 0.05) is 6.54 Å². The van der Waals surface area contributed by atoms with E-state index in [0.29, 0.717) is 16.8 Å². The molecule has 0 atom stereocenters. The molecule has 1 heterocycles. The number of benzene rings is 1. The molecule has 0 aliphatic heterocycles. The Labute approximate surface area is 106 Å². The first-order chi connectivity index (χ1) is 8.39. The summed E-state index contributed by atoms with van der Waals surface area (Å²) < 4.78 is 41.3. The summed E-state index contributed by atoms with van der Waals surface area (Å²) in [4.78, 5) is 4.31. The van der Waals surface area contributed by atoms with E-state index in [1.807, 2.05) is 6.92 Å². The van der Waals surface area contributed by atoms with Crippen LogP contribution in [-0.4, -0.2) is 18.4 Å². The van der Waals surface area contributed by atoms with Crippen molar-refractivity contribution >= 4 is 21.6 Å². The third kappa shape index (κ3) is 2.91. The fourth-order valence-electron chi connectivity index (χ4n) is 1.70. The maximum atomic E-state index is 12.2. The van der Waals surface area contributed by atoms with E-state index in [-0.39, 0.29) is 5.75 Å². The molecule has 0 saturated heterocycles. The van der Waals surface area contributed by atoms with Gasteiger partial charge < -0.3 is 10.1 Å². The third-order valence-electron chi connectivity index (χ3n) is 2.26. The zero-order valence-electron chi connectivity index (χ0n) is 9.76. The monoisotopic (exact) mass is 276 g/mol. The number of fused-ring (bicyclic) bond motifs is 1. The highest BCUT2D eigenvalue weighted by molar-refractivity contribution is 7.18. The molecule has 98 valence electrons. The number of thiazole rings is 1. The summed E-state index contributed by atoms with van der Waals surface area (Å²) in [6, 6.07) is 2.73. The van der Waals surface area contributed by atoms with E-state index < -0.39 is 6.36 Å². The predicted molar refractivity (Wildman–Crippen MR) is 63.8 cm³/mol. The molecule has 1 aromatic carbocycles. The van der Waals surface area contributed by atoms with Crippen LogP contribution in [0.15, 0.2) is 12.1 Å². The Morgan fingerprint density at radius 1 is 1.39 bits per heavy atom. The lowest BCUT2D eigenvalue weighted by Gasteiger charge is -2.10. The van der Waals surface area contributed by atoms with Crippen LogP contribution in [0.5, 0.6) is 5.75 Å². The maximum Gasteiger partial charge on any atom is 0.573 e. The predicted octanol–water partition coefficient (Wildman–Crippen LogP) is 3.22.